The second kappa shape index (κ2) is 4.63. The lowest BCUT2D eigenvalue weighted by Crippen LogP contribution is -2.40. The molecule has 1 unspecified atom stereocenters. The van der Waals surface area contributed by atoms with Crippen molar-refractivity contribution in [2.45, 2.75) is 58.6 Å². The van der Waals surface area contributed by atoms with E-state index in [-0.39, 0.29) is 11.5 Å². The van der Waals surface area contributed by atoms with E-state index in [0.717, 1.165) is 19.0 Å². The molecule has 0 bridgehead atoms. The number of nitrogens with zero attached hydrogens (tertiary/aromatic N) is 1. The molecule has 2 heteroatoms. The smallest absolute Gasteiger partial charge is 0.0600 e. The predicted molar refractivity (Wildman–Crippen MR) is 60.3 cm³/mol. The van der Waals surface area contributed by atoms with Gasteiger partial charge in [-0.1, -0.05) is 27.2 Å². The number of aliphatic hydroxyl groups excluding tert-OH is 1. The van der Waals surface area contributed by atoms with E-state index in [0.29, 0.717) is 0 Å². The highest BCUT2D eigenvalue weighted by Crippen LogP contribution is 2.25. The van der Waals surface area contributed by atoms with Crippen molar-refractivity contribution in [3.63, 3.8) is 0 Å². The van der Waals surface area contributed by atoms with Crippen molar-refractivity contribution >= 4 is 0 Å². The maximum Gasteiger partial charge on any atom is 0.0600 e. The zero-order valence-corrected chi connectivity index (χ0v) is 10.1. The maximum absolute atomic E-state index is 9.88. The van der Waals surface area contributed by atoms with E-state index in [9.17, 15) is 5.11 Å². The topological polar surface area (TPSA) is 23.5 Å². The van der Waals surface area contributed by atoms with Crippen molar-refractivity contribution in [1.29, 1.82) is 0 Å². The molecule has 14 heavy (non-hydrogen) atoms. The zero-order valence-electron chi connectivity index (χ0n) is 10.1. The Balaban J connectivity index is 2.18. The third-order valence-electron chi connectivity index (χ3n) is 3.45. The first-order valence-electron chi connectivity index (χ1n) is 5.79. The average Bonchev–Trinajstić information content (AvgIpc) is 1.94. The molecule has 2 nitrogen and oxygen atoms in total. The summed E-state index contributed by atoms with van der Waals surface area (Å²) in [4.78, 5) is 2.40. The lowest BCUT2D eigenvalue weighted by Gasteiger charge is -2.36. The Bertz CT molecular complexity index is 170. The zero-order chi connectivity index (χ0) is 10.8. The third-order valence-corrected chi connectivity index (χ3v) is 3.45. The van der Waals surface area contributed by atoms with Gasteiger partial charge in [-0.3, -0.25) is 0 Å². The number of hydrogen-bond acceptors (Lipinski definition) is 2. The molecule has 0 amide bonds. The van der Waals surface area contributed by atoms with Crippen molar-refractivity contribution < 1.29 is 5.11 Å². The maximum atomic E-state index is 9.88. The Kier molecular flexibility index (Phi) is 3.96. The SMILES string of the molecule is CN(CCC(O)C(C)(C)C)C1CCC1. The summed E-state index contributed by atoms with van der Waals surface area (Å²) in [6, 6.07) is 0.794. The Morgan fingerprint density at radius 1 is 1.36 bits per heavy atom. The van der Waals surface area contributed by atoms with Crippen LogP contribution in [0.4, 0.5) is 0 Å². The van der Waals surface area contributed by atoms with Gasteiger partial charge in [0.05, 0.1) is 6.10 Å². The fourth-order valence-corrected chi connectivity index (χ4v) is 1.77. The molecule has 84 valence electrons. The van der Waals surface area contributed by atoms with Crippen molar-refractivity contribution in [1.82, 2.24) is 4.90 Å². The van der Waals surface area contributed by atoms with Gasteiger partial charge in [0, 0.05) is 12.6 Å². The van der Waals surface area contributed by atoms with Crippen LogP contribution in [0.2, 0.25) is 0 Å². The minimum Gasteiger partial charge on any atom is -0.393 e. The molecule has 1 N–H and O–H groups in total. The molecule has 1 rings (SSSR count). The van der Waals surface area contributed by atoms with E-state index >= 15 is 0 Å². The van der Waals surface area contributed by atoms with Crippen LogP contribution in [0.25, 0.3) is 0 Å². The van der Waals surface area contributed by atoms with E-state index in [1.54, 1.807) is 0 Å². The number of hydrogen-bond donors (Lipinski definition) is 1. The van der Waals surface area contributed by atoms with Crippen molar-refractivity contribution in [2.75, 3.05) is 13.6 Å². The van der Waals surface area contributed by atoms with Crippen molar-refractivity contribution in [3.8, 4) is 0 Å². The molecular formula is C12H25NO. The largest absolute Gasteiger partial charge is 0.393 e. The first kappa shape index (κ1) is 12.0. The molecule has 0 spiro atoms. The molecule has 1 atom stereocenters. The molecule has 0 aromatic rings. The molecule has 0 aromatic heterocycles. The van der Waals surface area contributed by atoms with Crippen molar-refractivity contribution in [2.24, 2.45) is 5.41 Å². The summed E-state index contributed by atoms with van der Waals surface area (Å²) in [5, 5.41) is 9.88. The van der Waals surface area contributed by atoms with Gasteiger partial charge in [-0.05, 0) is 31.7 Å². The monoisotopic (exact) mass is 199 g/mol. The standard InChI is InChI=1S/C12H25NO/c1-12(2,3)11(14)8-9-13(4)10-6-5-7-10/h10-11,14H,5-9H2,1-4H3. The van der Waals surface area contributed by atoms with Gasteiger partial charge >= 0.3 is 0 Å². The van der Waals surface area contributed by atoms with Gasteiger partial charge in [-0.25, -0.2) is 0 Å². The molecule has 0 saturated heterocycles. The van der Waals surface area contributed by atoms with Crippen LogP contribution in [0.1, 0.15) is 46.5 Å². The fourth-order valence-electron chi connectivity index (χ4n) is 1.77. The van der Waals surface area contributed by atoms with E-state index in [2.05, 4.69) is 32.7 Å². The van der Waals surface area contributed by atoms with Crippen LogP contribution in [0.3, 0.4) is 0 Å². The van der Waals surface area contributed by atoms with Gasteiger partial charge in [0.2, 0.25) is 0 Å². The second-order valence-electron chi connectivity index (χ2n) is 5.74. The Labute approximate surface area is 88.3 Å². The van der Waals surface area contributed by atoms with Crippen LogP contribution >= 0.6 is 0 Å². The minimum absolute atomic E-state index is 0.0282. The van der Waals surface area contributed by atoms with Crippen LogP contribution in [-0.4, -0.2) is 35.7 Å². The highest BCUT2D eigenvalue weighted by molar-refractivity contribution is 4.80. The molecule has 1 aliphatic carbocycles. The number of aliphatic hydroxyl groups is 1. The minimum atomic E-state index is -0.176. The van der Waals surface area contributed by atoms with Crippen LogP contribution < -0.4 is 0 Å². The summed E-state index contributed by atoms with van der Waals surface area (Å²) in [6.07, 6.45) is 4.81. The summed E-state index contributed by atoms with van der Waals surface area (Å²) in [5.74, 6) is 0. The van der Waals surface area contributed by atoms with Crippen LogP contribution in [0.5, 0.6) is 0 Å². The van der Waals surface area contributed by atoms with Crippen LogP contribution in [-0.2, 0) is 0 Å². The van der Waals surface area contributed by atoms with E-state index < -0.39 is 0 Å². The first-order chi connectivity index (χ1) is 6.41. The summed E-state index contributed by atoms with van der Waals surface area (Å²) < 4.78 is 0. The molecule has 0 heterocycles. The Morgan fingerprint density at radius 2 is 1.93 bits per heavy atom. The Morgan fingerprint density at radius 3 is 2.29 bits per heavy atom. The first-order valence-corrected chi connectivity index (χ1v) is 5.79. The molecule has 0 aromatic carbocycles. The average molecular weight is 199 g/mol. The van der Waals surface area contributed by atoms with Crippen LogP contribution in [0.15, 0.2) is 0 Å². The lowest BCUT2D eigenvalue weighted by molar-refractivity contribution is 0.0389. The molecule has 0 aliphatic heterocycles. The second-order valence-corrected chi connectivity index (χ2v) is 5.74. The van der Waals surface area contributed by atoms with Gasteiger partial charge in [0.15, 0.2) is 0 Å². The molecule has 1 saturated carbocycles. The van der Waals surface area contributed by atoms with Gasteiger partial charge < -0.3 is 10.0 Å². The predicted octanol–water partition coefficient (Wildman–Crippen LogP) is 2.27. The van der Waals surface area contributed by atoms with E-state index in [1.165, 1.54) is 19.3 Å². The third kappa shape index (κ3) is 3.25. The quantitative estimate of drug-likeness (QED) is 0.751. The normalized spacial score (nSPS) is 21.0. The van der Waals surface area contributed by atoms with E-state index in [1.807, 2.05) is 0 Å². The van der Waals surface area contributed by atoms with Crippen molar-refractivity contribution in [3.05, 3.63) is 0 Å². The highest BCUT2D eigenvalue weighted by atomic mass is 16.3. The van der Waals surface area contributed by atoms with Crippen LogP contribution in [0, 0.1) is 5.41 Å². The van der Waals surface area contributed by atoms with Gasteiger partial charge in [-0.2, -0.15) is 0 Å². The van der Waals surface area contributed by atoms with E-state index in [4.69, 9.17) is 0 Å². The lowest BCUT2D eigenvalue weighted by atomic mass is 9.86. The fraction of sp³-hybridized carbons (Fsp3) is 1.00. The molecule has 0 radical (unpaired) electrons. The molecule has 1 fully saturated rings. The Hall–Kier alpha value is -0.0800. The number of rotatable bonds is 4. The summed E-state index contributed by atoms with van der Waals surface area (Å²) in [5.41, 5.74) is 0.0282. The van der Waals surface area contributed by atoms with Gasteiger partial charge in [0.1, 0.15) is 0 Å². The molecular weight excluding hydrogens is 174 g/mol. The summed E-state index contributed by atoms with van der Waals surface area (Å²) in [6.45, 7) is 7.33. The highest BCUT2D eigenvalue weighted by Gasteiger charge is 2.25. The summed E-state index contributed by atoms with van der Waals surface area (Å²) in [7, 11) is 2.18. The molecule has 1 aliphatic rings. The summed E-state index contributed by atoms with van der Waals surface area (Å²) >= 11 is 0. The van der Waals surface area contributed by atoms with Gasteiger partial charge in [-0.15, -0.1) is 0 Å². The van der Waals surface area contributed by atoms with Gasteiger partial charge in [0.25, 0.3) is 0 Å².